The van der Waals surface area contributed by atoms with E-state index in [1.807, 2.05) is 0 Å². The lowest BCUT2D eigenvalue weighted by Gasteiger charge is -2.11. The number of ether oxygens (including phenoxy) is 3. The normalized spacial score (nSPS) is 16.7. The molecular weight excluding hydrogens is 225 g/mol. The molecule has 1 aliphatic rings. The fourth-order valence-corrected chi connectivity index (χ4v) is 1.28. The number of halogens is 3. The average Bonchev–Trinajstić information content (AvgIpc) is 2.78. The van der Waals surface area contributed by atoms with Crippen LogP contribution in [-0.2, 0) is 9.47 Å². The van der Waals surface area contributed by atoms with Crippen LogP contribution in [0.15, 0.2) is 12.1 Å². The van der Waals surface area contributed by atoms with Gasteiger partial charge < -0.3 is 14.2 Å². The lowest BCUT2D eigenvalue weighted by Crippen LogP contribution is -2.18. The fourth-order valence-electron chi connectivity index (χ4n) is 1.28. The molecule has 0 aromatic heterocycles. The molecule has 1 fully saturated rings. The first kappa shape index (κ1) is 11.2. The Kier molecular flexibility index (Phi) is 3.31. The van der Waals surface area contributed by atoms with E-state index in [1.165, 1.54) is 0 Å². The molecule has 1 heterocycles. The van der Waals surface area contributed by atoms with Gasteiger partial charge in [0.2, 0.25) is 5.82 Å². The highest BCUT2D eigenvalue weighted by atomic mass is 19.2. The van der Waals surface area contributed by atoms with Crippen molar-refractivity contribution in [3.8, 4) is 5.75 Å². The molecule has 0 spiro atoms. The van der Waals surface area contributed by atoms with Gasteiger partial charge in [0.1, 0.15) is 6.61 Å². The first-order valence-corrected chi connectivity index (χ1v) is 4.68. The van der Waals surface area contributed by atoms with Crippen LogP contribution in [0.1, 0.15) is 0 Å². The van der Waals surface area contributed by atoms with E-state index in [9.17, 15) is 13.2 Å². The van der Waals surface area contributed by atoms with Gasteiger partial charge >= 0.3 is 0 Å². The maximum atomic E-state index is 13.1. The second-order valence-electron chi connectivity index (χ2n) is 3.16. The van der Waals surface area contributed by atoms with Crippen molar-refractivity contribution in [3.05, 3.63) is 29.6 Å². The third kappa shape index (κ3) is 2.28. The molecule has 0 amide bonds. The average molecular weight is 234 g/mol. The molecule has 2 rings (SSSR count). The smallest absolute Gasteiger partial charge is 0.203 e. The van der Waals surface area contributed by atoms with Crippen molar-refractivity contribution in [2.24, 2.45) is 0 Å². The van der Waals surface area contributed by atoms with E-state index < -0.39 is 23.7 Å². The van der Waals surface area contributed by atoms with Crippen molar-refractivity contribution in [2.45, 2.75) is 6.29 Å². The Morgan fingerprint density at radius 2 is 1.81 bits per heavy atom. The molecule has 0 radical (unpaired) electrons. The third-order valence-corrected chi connectivity index (χ3v) is 2.07. The minimum absolute atomic E-state index is 0.0675. The maximum absolute atomic E-state index is 13.1. The van der Waals surface area contributed by atoms with Gasteiger partial charge in [-0.15, -0.1) is 0 Å². The van der Waals surface area contributed by atoms with Crippen LogP contribution in [-0.4, -0.2) is 26.1 Å². The quantitative estimate of drug-likeness (QED) is 0.747. The van der Waals surface area contributed by atoms with E-state index in [0.717, 1.165) is 12.1 Å². The van der Waals surface area contributed by atoms with Gasteiger partial charge in [0, 0.05) is 0 Å². The Hall–Kier alpha value is -1.27. The molecule has 3 nitrogen and oxygen atoms in total. The van der Waals surface area contributed by atoms with E-state index in [1.54, 1.807) is 0 Å². The zero-order valence-corrected chi connectivity index (χ0v) is 8.21. The molecule has 16 heavy (non-hydrogen) atoms. The number of benzene rings is 1. The second-order valence-corrected chi connectivity index (χ2v) is 3.16. The molecule has 0 aliphatic carbocycles. The molecule has 0 unspecified atom stereocenters. The predicted molar refractivity (Wildman–Crippen MR) is 47.5 cm³/mol. The van der Waals surface area contributed by atoms with Gasteiger partial charge in [0.15, 0.2) is 23.7 Å². The lowest BCUT2D eigenvalue weighted by molar-refractivity contribution is -0.0690. The summed E-state index contributed by atoms with van der Waals surface area (Å²) >= 11 is 0. The minimum atomic E-state index is -1.55. The predicted octanol–water partition coefficient (Wildman–Crippen LogP) is 1.86. The van der Waals surface area contributed by atoms with Gasteiger partial charge in [-0.25, -0.2) is 8.78 Å². The molecular formula is C10H9F3O3. The topological polar surface area (TPSA) is 27.7 Å². The van der Waals surface area contributed by atoms with Gasteiger partial charge in [0.05, 0.1) is 13.2 Å². The number of hydrogen-bond acceptors (Lipinski definition) is 3. The lowest BCUT2D eigenvalue weighted by atomic mass is 10.3. The monoisotopic (exact) mass is 234 g/mol. The largest absolute Gasteiger partial charge is 0.485 e. The van der Waals surface area contributed by atoms with Crippen LogP contribution in [0.3, 0.4) is 0 Å². The Morgan fingerprint density at radius 3 is 2.50 bits per heavy atom. The SMILES string of the molecule is Fc1ccc(OCC2OCCO2)c(F)c1F. The summed E-state index contributed by atoms with van der Waals surface area (Å²) in [6.45, 7) is 0.810. The van der Waals surface area contributed by atoms with Crippen LogP contribution in [0.2, 0.25) is 0 Å². The zero-order chi connectivity index (χ0) is 11.5. The van der Waals surface area contributed by atoms with E-state index in [2.05, 4.69) is 0 Å². The summed E-state index contributed by atoms with van der Waals surface area (Å²) in [7, 11) is 0. The molecule has 88 valence electrons. The van der Waals surface area contributed by atoms with Gasteiger partial charge in [-0.3, -0.25) is 0 Å². The first-order valence-electron chi connectivity index (χ1n) is 4.68. The van der Waals surface area contributed by atoms with Gasteiger partial charge in [-0.2, -0.15) is 4.39 Å². The van der Waals surface area contributed by atoms with Gasteiger partial charge in [0.25, 0.3) is 0 Å². The van der Waals surface area contributed by atoms with E-state index in [-0.39, 0.29) is 12.4 Å². The van der Waals surface area contributed by atoms with Crippen LogP contribution < -0.4 is 4.74 Å². The van der Waals surface area contributed by atoms with Crippen LogP contribution in [0, 0.1) is 17.5 Å². The molecule has 0 bridgehead atoms. The Balaban J connectivity index is 2.01. The molecule has 6 heteroatoms. The van der Waals surface area contributed by atoms with Crippen molar-refractivity contribution in [3.63, 3.8) is 0 Å². The van der Waals surface area contributed by atoms with Crippen molar-refractivity contribution in [1.82, 2.24) is 0 Å². The number of rotatable bonds is 3. The summed E-state index contributed by atoms with van der Waals surface area (Å²) in [6, 6.07) is 1.81. The molecule has 0 saturated carbocycles. The van der Waals surface area contributed by atoms with Crippen LogP contribution in [0.5, 0.6) is 5.75 Å². The van der Waals surface area contributed by atoms with Crippen molar-refractivity contribution in [1.29, 1.82) is 0 Å². The Morgan fingerprint density at radius 1 is 1.12 bits per heavy atom. The van der Waals surface area contributed by atoms with E-state index >= 15 is 0 Å². The molecule has 0 atom stereocenters. The fraction of sp³-hybridized carbons (Fsp3) is 0.400. The summed E-state index contributed by atoms with van der Waals surface area (Å²) in [5, 5.41) is 0. The summed E-state index contributed by atoms with van der Waals surface area (Å²) in [5.74, 6) is -4.51. The molecule has 1 aromatic carbocycles. The van der Waals surface area contributed by atoms with Crippen molar-refractivity contribution in [2.75, 3.05) is 19.8 Å². The Labute approximate surface area is 89.7 Å². The van der Waals surface area contributed by atoms with Crippen LogP contribution in [0.4, 0.5) is 13.2 Å². The summed E-state index contributed by atoms with van der Waals surface area (Å²) in [6.07, 6.45) is -0.590. The van der Waals surface area contributed by atoms with Crippen LogP contribution >= 0.6 is 0 Å². The highest BCUT2D eigenvalue weighted by Crippen LogP contribution is 2.22. The van der Waals surface area contributed by atoms with Crippen molar-refractivity contribution < 1.29 is 27.4 Å². The third-order valence-electron chi connectivity index (χ3n) is 2.07. The molecule has 1 aliphatic heterocycles. The number of hydrogen-bond donors (Lipinski definition) is 0. The highest BCUT2D eigenvalue weighted by molar-refractivity contribution is 5.26. The Bertz CT molecular complexity index is 378. The summed E-state index contributed by atoms with van der Waals surface area (Å²) in [4.78, 5) is 0. The first-order chi connectivity index (χ1) is 7.68. The molecule has 1 saturated heterocycles. The highest BCUT2D eigenvalue weighted by Gasteiger charge is 2.19. The van der Waals surface area contributed by atoms with E-state index in [4.69, 9.17) is 14.2 Å². The molecule has 0 N–H and O–H groups in total. The standard InChI is InChI=1S/C10H9F3O3/c11-6-1-2-7(10(13)9(6)12)16-5-8-14-3-4-15-8/h1-2,8H,3-5H2. The van der Waals surface area contributed by atoms with Gasteiger partial charge in [-0.1, -0.05) is 0 Å². The van der Waals surface area contributed by atoms with E-state index in [0.29, 0.717) is 13.2 Å². The van der Waals surface area contributed by atoms with Gasteiger partial charge in [-0.05, 0) is 12.1 Å². The minimum Gasteiger partial charge on any atom is -0.485 e. The zero-order valence-electron chi connectivity index (χ0n) is 8.21. The second kappa shape index (κ2) is 4.71. The summed E-state index contributed by atoms with van der Waals surface area (Å²) < 4.78 is 53.5. The molecule has 1 aromatic rings. The summed E-state index contributed by atoms with van der Waals surface area (Å²) in [5.41, 5.74) is 0. The van der Waals surface area contributed by atoms with Crippen molar-refractivity contribution >= 4 is 0 Å². The maximum Gasteiger partial charge on any atom is 0.203 e. The van der Waals surface area contributed by atoms with Crippen LogP contribution in [0.25, 0.3) is 0 Å².